The van der Waals surface area contributed by atoms with E-state index in [0.717, 1.165) is 29.7 Å². The van der Waals surface area contributed by atoms with Crippen molar-refractivity contribution in [1.82, 2.24) is 4.90 Å². The normalized spacial score (nSPS) is 10.8. The number of aliphatic hydroxyl groups excluding tert-OH is 1. The molecule has 0 heterocycles. The van der Waals surface area contributed by atoms with Crippen molar-refractivity contribution >= 4 is 5.91 Å². The molecule has 118 valence electrons. The Balaban J connectivity index is 2.73. The second kappa shape index (κ2) is 8.67. The van der Waals surface area contributed by atoms with Gasteiger partial charge < -0.3 is 14.7 Å². The molecule has 0 unspecified atom stereocenters. The minimum Gasteiger partial charge on any atom is -0.483 e. The Kier molecular flexibility index (Phi) is 7.23. The number of nitrogens with zero attached hydrogens (tertiary/aromatic N) is 1. The Labute approximate surface area is 127 Å². The largest absolute Gasteiger partial charge is 0.483 e. The molecule has 0 radical (unpaired) electrons. The van der Waals surface area contributed by atoms with Crippen molar-refractivity contribution in [2.45, 2.75) is 46.6 Å². The van der Waals surface area contributed by atoms with Gasteiger partial charge in [0.1, 0.15) is 5.75 Å². The molecule has 4 nitrogen and oxygen atoms in total. The van der Waals surface area contributed by atoms with Crippen molar-refractivity contribution in [3.63, 3.8) is 0 Å². The van der Waals surface area contributed by atoms with Gasteiger partial charge in [-0.25, -0.2) is 0 Å². The predicted octanol–water partition coefficient (Wildman–Crippen LogP) is 2.69. The zero-order valence-electron chi connectivity index (χ0n) is 13.6. The third-order valence-corrected chi connectivity index (χ3v) is 3.79. The van der Waals surface area contributed by atoms with Crippen LogP contribution in [0.4, 0.5) is 0 Å². The van der Waals surface area contributed by atoms with Gasteiger partial charge in [-0.3, -0.25) is 4.79 Å². The molecule has 1 amide bonds. The van der Waals surface area contributed by atoms with Crippen LogP contribution in [-0.4, -0.2) is 41.7 Å². The summed E-state index contributed by atoms with van der Waals surface area (Å²) < 4.78 is 5.72. The topological polar surface area (TPSA) is 49.8 Å². The maximum absolute atomic E-state index is 12.4. The first-order valence-corrected chi connectivity index (χ1v) is 7.64. The minimum atomic E-state index is -0.0691. The molecule has 21 heavy (non-hydrogen) atoms. The van der Waals surface area contributed by atoms with Crippen molar-refractivity contribution < 1.29 is 14.6 Å². The maximum Gasteiger partial charge on any atom is 0.260 e. The van der Waals surface area contributed by atoms with Gasteiger partial charge in [0.15, 0.2) is 6.61 Å². The van der Waals surface area contributed by atoms with Gasteiger partial charge in [-0.15, -0.1) is 0 Å². The van der Waals surface area contributed by atoms with E-state index in [9.17, 15) is 4.79 Å². The molecule has 1 N–H and O–H groups in total. The van der Waals surface area contributed by atoms with Gasteiger partial charge in [0.2, 0.25) is 0 Å². The van der Waals surface area contributed by atoms with Crippen LogP contribution in [0.15, 0.2) is 18.2 Å². The van der Waals surface area contributed by atoms with Crippen LogP contribution in [0.5, 0.6) is 5.75 Å². The van der Waals surface area contributed by atoms with Crippen molar-refractivity contribution in [3.05, 3.63) is 29.3 Å². The quantitative estimate of drug-likeness (QED) is 0.801. The number of carbonyl (C=O) groups excluding carboxylic acids is 1. The molecule has 0 atom stereocenters. The van der Waals surface area contributed by atoms with E-state index in [4.69, 9.17) is 9.84 Å². The second-order valence-electron chi connectivity index (χ2n) is 5.29. The number of carbonyl (C=O) groups is 1. The summed E-state index contributed by atoms with van der Waals surface area (Å²) in [5, 5.41) is 9.16. The molecule has 0 aliphatic heterocycles. The van der Waals surface area contributed by atoms with E-state index < -0.39 is 0 Å². The van der Waals surface area contributed by atoms with Crippen LogP contribution >= 0.6 is 0 Å². The standard InChI is InChI=1S/C17H27NO3/c1-5-15(6-2)18(10-11-19)16(20)12-21-17-13(3)8-7-9-14(17)4/h7-9,15,19H,5-6,10-12H2,1-4H3. The van der Waals surface area contributed by atoms with Gasteiger partial charge in [0.25, 0.3) is 5.91 Å². The average Bonchev–Trinajstić information content (AvgIpc) is 2.46. The first kappa shape index (κ1) is 17.5. The number of rotatable bonds is 8. The van der Waals surface area contributed by atoms with Crippen molar-refractivity contribution in [2.24, 2.45) is 0 Å². The number of aliphatic hydroxyl groups is 1. The second-order valence-corrected chi connectivity index (χ2v) is 5.29. The number of hydrogen-bond acceptors (Lipinski definition) is 3. The van der Waals surface area contributed by atoms with Gasteiger partial charge in [-0.05, 0) is 37.8 Å². The maximum atomic E-state index is 12.4. The first-order chi connectivity index (χ1) is 10.0. The van der Waals surface area contributed by atoms with Crippen LogP contribution < -0.4 is 4.74 Å². The molecule has 0 bridgehead atoms. The summed E-state index contributed by atoms with van der Waals surface area (Å²) in [6.45, 7) is 8.41. The average molecular weight is 293 g/mol. The van der Waals surface area contributed by atoms with Gasteiger partial charge in [0, 0.05) is 12.6 Å². The van der Waals surface area contributed by atoms with Crippen LogP contribution in [0.25, 0.3) is 0 Å². The summed E-state index contributed by atoms with van der Waals surface area (Å²) >= 11 is 0. The fourth-order valence-electron chi connectivity index (χ4n) is 2.59. The van der Waals surface area contributed by atoms with Crippen molar-refractivity contribution in [2.75, 3.05) is 19.8 Å². The molecule has 0 saturated carbocycles. The Hall–Kier alpha value is -1.55. The molecule has 0 saturated heterocycles. The SMILES string of the molecule is CCC(CC)N(CCO)C(=O)COc1c(C)cccc1C. The highest BCUT2D eigenvalue weighted by atomic mass is 16.5. The van der Waals surface area contributed by atoms with Gasteiger partial charge in [-0.2, -0.15) is 0 Å². The summed E-state index contributed by atoms with van der Waals surface area (Å²) in [5.74, 6) is 0.708. The number of aryl methyl sites for hydroxylation is 2. The summed E-state index contributed by atoms with van der Waals surface area (Å²) in [6.07, 6.45) is 1.76. The zero-order valence-corrected chi connectivity index (χ0v) is 13.6. The summed E-state index contributed by atoms with van der Waals surface area (Å²) in [4.78, 5) is 14.1. The van der Waals surface area contributed by atoms with Gasteiger partial charge in [0.05, 0.1) is 6.61 Å². The van der Waals surface area contributed by atoms with Crippen molar-refractivity contribution in [3.8, 4) is 5.75 Å². The highest BCUT2D eigenvalue weighted by Gasteiger charge is 2.21. The third-order valence-electron chi connectivity index (χ3n) is 3.79. The number of benzene rings is 1. The van der Waals surface area contributed by atoms with Gasteiger partial charge in [-0.1, -0.05) is 32.0 Å². The molecule has 1 rings (SSSR count). The lowest BCUT2D eigenvalue weighted by atomic mass is 10.1. The molecule has 0 aromatic heterocycles. The lowest BCUT2D eigenvalue weighted by Gasteiger charge is -2.30. The molecule has 0 aliphatic carbocycles. The zero-order chi connectivity index (χ0) is 15.8. The van der Waals surface area contributed by atoms with Crippen LogP contribution in [0.3, 0.4) is 0 Å². The molecule has 0 fully saturated rings. The molecule has 4 heteroatoms. The summed E-state index contributed by atoms with van der Waals surface area (Å²) in [6, 6.07) is 6.08. The Morgan fingerprint density at radius 1 is 1.24 bits per heavy atom. The van der Waals surface area contributed by atoms with E-state index >= 15 is 0 Å². The molecule has 1 aromatic rings. The molecular formula is C17H27NO3. The smallest absolute Gasteiger partial charge is 0.260 e. The minimum absolute atomic E-state index is 0.0161. The molecular weight excluding hydrogens is 266 g/mol. The highest BCUT2D eigenvalue weighted by molar-refractivity contribution is 5.78. The van der Waals surface area contributed by atoms with E-state index in [2.05, 4.69) is 13.8 Å². The third kappa shape index (κ3) is 4.74. The Morgan fingerprint density at radius 3 is 2.29 bits per heavy atom. The van der Waals surface area contributed by atoms with E-state index in [1.54, 1.807) is 4.90 Å². The summed E-state index contributed by atoms with van der Waals surface area (Å²) in [5.41, 5.74) is 2.05. The lowest BCUT2D eigenvalue weighted by molar-refractivity contribution is -0.136. The molecule has 0 spiro atoms. The number of para-hydroxylation sites is 1. The molecule has 0 aliphatic rings. The van der Waals surface area contributed by atoms with Crippen LogP contribution in [0.1, 0.15) is 37.8 Å². The number of ether oxygens (including phenoxy) is 1. The molecule has 1 aromatic carbocycles. The number of amides is 1. The summed E-state index contributed by atoms with van der Waals surface area (Å²) in [7, 11) is 0. The van der Waals surface area contributed by atoms with Gasteiger partial charge >= 0.3 is 0 Å². The fourth-order valence-corrected chi connectivity index (χ4v) is 2.59. The Bertz CT molecular complexity index is 435. The van der Waals surface area contributed by atoms with Crippen LogP contribution in [0.2, 0.25) is 0 Å². The fraction of sp³-hybridized carbons (Fsp3) is 0.588. The predicted molar refractivity (Wildman–Crippen MR) is 84.6 cm³/mol. The van der Waals surface area contributed by atoms with E-state index in [-0.39, 0.29) is 25.2 Å². The van der Waals surface area contributed by atoms with Crippen LogP contribution in [0, 0.1) is 13.8 Å². The number of hydrogen-bond donors (Lipinski definition) is 1. The lowest BCUT2D eigenvalue weighted by Crippen LogP contribution is -2.44. The van der Waals surface area contributed by atoms with Crippen LogP contribution in [-0.2, 0) is 4.79 Å². The van der Waals surface area contributed by atoms with Crippen molar-refractivity contribution in [1.29, 1.82) is 0 Å². The van der Waals surface area contributed by atoms with E-state index in [0.29, 0.717) is 6.54 Å². The van der Waals surface area contributed by atoms with E-state index in [1.165, 1.54) is 0 Å². The highest BCUT2D eigenvalue weighted by Crippen LogP contribution is 2.22. The Morgan fingerprint density at radius 2 is 1.81 bits per heavy atom. The first-order valence-electron chi connectivity index (χ1n) is 7.64. The monoisotopic (exact) mass is 293 g/mol. The van der Waals surface area contributed by atoms with E-state index in [1.807, 2.05) is 32.0 Å².